The van der Waals surface area contributed by atoms with E-state index in [4.69, 9.17) is 0 Å². The average Bonchev–Trinajstić information content (AvgIpc) is 2.93. The molecule has 0 saturated heterocycles. The highest BCUT2D eigenvalue weighted by molar-refractivity contribution is 6.04. The lowest BCUT2D eigenvalue weighted by molar-refractivity contribution is 0.503. The summed E-state index contributed by atoms with van der Waals surface area (Å²) in [5.41, 5.74) is 13.8. The summed E-state index contributed by atoms with van der Waals surface area (Å²) >= 11 is 0. The zero-order valence-electron chi connectivity index (χ0n) is 20.2. The normalized spacial score (nSPS) is 14.9. The molecule has 0 radical (unpaired) electrons. The van der Waals surface area contributed by atoms with Gasteiger partial charge in [0, 0.05) is 0 Å². The Hall–Kier alpha value is -3.90. The molecule has 0 fully saturated rings. The van der Waals surface area contributed by atoms with Gasteiger partial charge in [-0.25, -0.2) is 0 Å². The van der Waals surface area contributed by atoms with E-state index in [2.05, 4.69) is 128 Å². The first-order chi connectivity index (χ1) is 17.3. The second-order valence-corrected chi connectivity index (χ2v) is 9.77. The molecule has 0 heterocycles. The molecule has 0 amide bonds. The van der Waals surface area contributed by atoms with Gasteiger partial charge in [-0.3, -0.25) is 0 Å². The van der Waals surface area contributed by atoms with E-state index in [1.165, 1.54) is 62.1 Å². The Morgan fingerprint density at radius 2 is 0.771 bits per heavy atom. The fourth-order valence-corrected chi connectivity index (χ4v) is 5.83. The van der Waals surface area contributed by atoms with E-state index in [0.29, 0.717) is 5.92 Å². The maximum atomic E-state index is 2.41. The molecule has 35 heavy (non-hydrogen) atoms. The largest absolute Gasteiger partial charge is 0.0622 e. The predicted molar refractivity (Wildman–Crippen MR) is 149 cm³/mol. The lowest BCUT2D eigenvalue weighted by Gasteiger charge is -2.32. The van der Waals surface area contributed by atoms with Gasteiger partial charge in [-0.05, 0) is 80.8 Å². The van der Waals surface area contributed by atoms with Gasteiger partial charge in [-0.2, -0.15) is 0 Å². The topological polar surface area (TPSA) is 0 Å². The maximum Gasteiger partial charge on any atom is -0.00176 e. The highest BCUT2D eigenvalue weighted by Crippen LogP contribution is 2.51. The van der Waals surface area contributed by atoms with Crippen LogP contribution in [-0.2, 0) is 12.8 Å². The van der Waals surface area contributed by atoms with E-state index in [9.17, 15) is 0 Å². The summed E-state index contributed by atoms with van der Waals surface area (Å²) in [5, 5.41) is 0. The zero-order chi connectivity index (χ0) is 23.6. The fourth-order valence-electron chi connectivity index (χ4n) is 5.83. The Labute approximate surface area is 208 Å². The Bertz CT molecular complexity index is 1430. The molecule has 1 aliphatic carbocycles. The van der Waals surface area contributed by atoms with E-state index < -0.39 is 0 Å². The lowest BCUT2D eigenvalue weighted by atomic mass is 9.71. The molecule has 0 aromatic heterocycles. The molecule has 0 saturated carbocycles. The van der Waals surface area contributed by atoms with Gasteiger partial charge in [-0.15, -0.1) is 0 Å². The second kappa shape index (κ2) is 9.39. The zero-order valence-corrected chi connectivity index (χ0v) is 20.2. The van der Waals surface area contributed by atoms with Crippen molar-refractivity contribution in [2.45, 2.75) is 26.2 Å². The first kappa shape index (κ1) is 21.6. The third-order valence-electron chi connectivity index (χ3n) is 7.41. The quantitative estimate of drug-likeness (QED) is 0.256. The van der Waals surface area contributed by atoms with E-state index in [1.54, 1.807) is 0 Å². The van der Waals surface area contributed by atoms with E-state index in [-0.39, 0.29) is 0 Å². The summed E-state index contributed by atoms with van der Waals surface area (Å²) in [6.45, 7) is 2.41. The van der Waals surface area contributed by atoms with Crippen LogP contribution in [0.1, 0.15) is 24.5 Å². The molecule has 0 spiro atoms. The molecule has 0 heteroatoms. The molecule has 170 valence electrons. The summed E-state index contributed by atoms with van der Waals surface area (Å²) in [5.74, 6) is 0.680. The Morgan fingerprint density at radius 1 is 0.429 bits per heavy atom. The van der Waals surface area contributed by atoms with Crippen LogP contribution in [0, 0.1) is 5.92 Å². The monoisotopic (exact) mass is 450 g/mol. The minimum atomic E-state index is 0.680. The average molecular weight is 451 g/mol. The standard InChI is InChI=1S/C35H30/c1-25-22-23-30-31(24-25)33(27-16-8-3-9-17-27)35(29-20-12-5-13-21-29)34(28-18-10-4-11-19-28)32(30)26-14-6-2-7-15-26/h2-21,25H,22-24H2,1H3. The molecule has 1 atom stereocenters. The molecular formula is C35H30. The van der Waals surface area contributed by atoms with Crippen molar-refractivity contribution in [3.8, 4) is 44.5 Å². The molecule has 5 aromatic carbocycles. The molecular weight excluding hydrogens is 420 g/mol. The van der Waals surface area contributed by atoms with Crippen molar-refractivity contribution < 1.29 is 0 Å². The lowest BCUT2D eigenvalue weighted by Crippen LogP contribution is -2.16. The van der Waals surface area contributed by atoms with Gasteiger partial charge >= 0.3 is 0 Å². The van der Waals surface area contributed by atoms with Crippen molar-refractivity contribution in [2.24, 2.45) is 5.92 Å². The third-order valence-corrected chi connectivity index (χ3v) is 7.41. The van der Waals surface area contributed by atoms with Crippen LogP contribution in [-0.4, -0.2) is 0 Å². The van der Waals surface area contributed by atoms with Crippen LogP contribution in [0.5, 0.6) is 0 Å². The van der Waals surface area contributed by atoms with Gasteiger partial charge in [0.15, 0.2) is 0 Å². The number of hydrogen-bond donors (Lipinski definition) is 0. The summed E-state index contributed by atoms with van der Waals surface area (Å²) in [6.07, 6.45) is 3.48. The summed E-state index contributed by atoms with van der Waals surface area (Å²) in [7, 11) is 0. The Balaban J connectivity index is 1.84. The molecule has 0 bridgehead atoms. The van der Waals surface area contributed by atoms with Gasteiger partial charge in [0.25, 0.3) is 0 Å². The SMILES string of the molecule is CC1CCc2c(c(-c3ccccc3)c(-c3ccccc3)c(-c3ccccc3)c2-c2ccccc2)C1. The van der Waals surface area contributed by atoms with E-state index >= 15 is 0 Å². The van der Waals surface area contributed by atoms with Gasteiger partial charge in [0.05, 0.1) is 0 Å². The van der Waals surface area contributed by atoms with Gasteiger partial charge < -0.3 is 0 Å². The van der Waals surface area contributed by atoms with Crippen molar-refractivity contribution in [1.29, 1.82) is 0 Å². The molecule has 6 rings (SSSR count). The third kappa shape index (κ3) is 4.00. The van der Waals surface area contributed by atoms with Crippen molar-refractivity contribution >= 4 is 0 Å². The fraction of sp³-hybridized carbons (Fsp3) is 0.143. The van der Waals surface area contributed by atoms with Crippen molar-refractivity contribution in [1.82, 2.24) is 0 Å². The van der Waals surface area contributed by atoms with Gasteiger partial charge in [0.1, 0.15) is 0 Å². The second-order valence-electron chi connectivity index (χ2n) is 9.77. The highest BCUT2D eigenvalue weighted by atomic mass is 14.3. The van der Waals surface area contributed by atoms with E-state index in [1.807, 2.05) is 0 Å². The molecule has 5 aromatic rings. The Morgan fingerprint density at radius 3 is 1.17 bits per heavy atom. The number of fused-ring (bicyclic) bond motifs is 1. The first-order valence-electron chi connectivity index (χ1n) is 12.7. The molecule has 1 unspecified atom stereocenters. The van der Waals surface area contributed by atoms with Crippen LogP contribution in [0.15, 0.2) is 121 Å². The predicted octanol–water partition coefficient (Wildman–Crippen LogP) is 9.48. The van der Waals surface area contributed by atoms with Crippen LogP contribution < -0.4 is 0 Å². The smallest absolute Gasteiger partial charge is 0.00176 e. The molecule has 0 N–H and O–H groups in total. The van der Waals surface area contributed by atoms with Gasteiger partial charge in [0.2, 0.25) is 0 Å². The van der Waals surface area contributed by atoms with Gasteiger partial charge in [-0.1, -0.05) is 128 Å². The number of hydrogen-bond acceptors (Lipinski definition) is 0. The summed E-state index contributed by atoms with van der Waals surface area (Å²) < 4.78 is 0. The molecule has 1 aliphatic rings. The Kier molecular flexibility index (Phi) is 5.80. The van der Waals surface area contributed by atoms with Crippen molar-refractivity contribution in [3.05, 3.63) is 132 Å². The van der Waals surface area contributed by atoms with Crippen LogP contribution in [0.3, 0.4) is 0 Å². The van der Waals surface area contributed by atoms with E-state index in [0.717, 1.165) is 12.8 Å². The van der Waals surface area contributed by atoms with Crippen LogP contribution in [0.4, 0.5) is 0 Å². The van der Waals surface area contributed by atoms with Crippen molar-refractivity contribution in [2.75, 3.05) is 0 Å². The summed E-state index contributed by atoms with van der Waals surface area (Å²) in [4.78, 5) is 0. The minimum absolute atomic E-state index is 0.680. The minimum Gasteiger partial charge on any atom is -0.0622 e. The van der Waals surface area contributed by atoms with Crippen molar-refractivity contribution in [3.63, 3.8) is 0 Å². The van der Waals surface area contributed by atoms with Crippen LogP contribution in [0.2, 0.25) is 0 Å². The van der Waals surface area contributed by atoms with Crippen LogP contribution in [0.25, 0.3) is 44.5 Å². The summed E-state index contributed by atoms with van der Waals surface area (Å²) in [6, 6.07) is 44.1. The van der Waals surface area contributed by atoms with Crippen LogP contribution >= 0.6 is 0 Å². The highest BCUT2D eigenvalue weighted by Gasteiger charge is 2.29. The molecule has 0 aliphatic heterocycles. The first-order valence-corrected chi connectivity index (χ1v) is 12.7. The number of benzene rings is 5. The number of rotatable bonds is 4. The molecule has 0 nitrogen and oxygen atoms in total. The maximum absolute atomic E-state index is 2.41.